The molecule has 0 amide bonds. The Bertz CT molecular complexity index is 519. The van der Waals surface area contributed by atoms with Gasteiger partial charge in [0.05, 0.1) is 9.90 Å². The minimum Gasteiger partial charge on any atom is -0.380 e. The van der Waals surface area contributed by atoms with Gasteiger partial charge in [0.1, 0.15) is 0 Å². The van der Waals surface area contributed by atoms with Crippen molar-refractivity contribution >= 4 is 28.6 Å². The molecule has 1 heterocycles. The fraction of sp³-hybridized carbons (Fsp3) is 0.167. The average Bonchev–Trinajstić information content (AvgIpc) is 2.72. The van der Waals surface area contributed by atoms with Gasteiger partial charge in [-0.3, -0.25) is 0 Å². The third-order valence-electron chi connectivity index (χ3n) is 2.31. The largest absolute Gasteiger partial charge is 0.416 e. The maximum Gasteiger partial charge on any atom is 0.416 e. The molecule has 0 radical (unpaired) electrons. The lowest BCUT2D eigenvalue weighted by Crippen LogP contribution is -2.05. The summed E-state index contributed by atoms with van der Waals surface area (Å²) in [5, 5.41) is 3.04. The van der Waals surface area contributed by atoms with E-state index in [1.165, 1.54) is 23.5 Å². The zero-order chi connectivity index (χ0) is 13.2. The lowest BCUT2D eigenvalue weighted by Gasteiger charge is -2.08. The van der Waals surface area contributed by atoms with E-state index in [1.54, 1.807) is 6.07 Å². The number of rotatable bonds is 3. The zero-order valence-corrected chi connectivity index (χ0v) is 10.7. The summed E-state index contributed by atoms with van der Waals surface area (Å²) in [5.74, 6) is 0. The highest BCUT2D eigenvalue weighted by Crippen LogP contribution is 2.30. The molecule has 0 bridgehead atoms. The number of anilines is 1. The number of benzene rings is 1. The molecule has 1 N–H and O–H groups in total. The molecule has 2 rings (SSSR count). The Morgan fingerprint density at radius 1 is 1.06 bits per heavy atom. The second-order valence-corrected chi connectivity index (χ2v) is 5.43. The van der Waals surface area contributed by atoms with E-state index in [1.807, 2.05) is 6.07 Å². The van der Waals surface area contributed by atoms with Crippen LogP contribution in [0, 0.1) is 0 Å². The van der Waals surface area contributed by atoms with Gasteiger partial charge in [-0.25, -0.2) is 0 Å². The Balaban J connectivity index is 1.98. The van der Waals surface area contributed by atoms with Gasteiger partial charge in [-0.05, 0) is 36.4 Å². The molecule has 0 aliphatic carbocycles. The van der Waals surface area contributed by atoms with Gasteiger partial charge in [0.15, 0.2) is 0 Å². The third kappa shape index (κ3) is 3.40. The molecule has 1 aromatic carbocycles. The standard InChI is InChI=1S/C12H9ClF3NS/c13-11-6-5-10(18-11)7-17-9-3-1-8(2-4-9)12(14,15)16/h1-6,17H,7H2. The van der Waals surface area contributed by atoms with Crippen LogP contribution in [0.25, 0.3) is 0 Å². The number of nitrogens with one attached hydrogen (secondary N) is 1. The van der Waals surface area contributed by atoms with Crippen molar-refractivity contribution in [3.8, 4) is 0 Å². The molecule has 0 atom stereocenters. The molecule has 0 unspecified atom stereocenters. The van der Waals surface area contributed by atoms with Gasteiger partial charge in [0.2, 0.25) is 0 Å². The number of hydrogen-bond acceptors (Lipinski definition) is 2. The Labute approximate surface area is 111 Å². The summed E-state index contributed by atoms with van der Waals surface area (Å²) in [5.41, 5.74) is -0.000240. The van der Waals surface area contributed by atoms with Gasteiger partial charge in [0, 0.05) is 17.1 Å². The van der Waals surface area contributed by atoms with E-state index >= 15 is 0 Å². The molecule has 6 heteroatoms. The molecule has 0 saturated heterocycles. The monoisotopic (exact) mass is 291 g/mol. The van der Waals surface area contributed by atoms with Gasteiger partial charge >= 0.3 is 6.18 Å². The highest BCUT2D eigenvalue weighted by Gasteiger charge is 2.29. The molecule has 96 valence electrons. The number of alkyl halides is 3. The zero-order valence-electron chi connectivity index (χ0n) is 9.09. The maximum atomic E-state index is 12.3. The van der Waals surface area contributed by atoms with Crippen LogP contribution in [-0.2, 0) is 12.7 Å². The minimum atomic E-state index is -4.29. The molecule has 0 fully saturated rings. The van der Waals surface area contributed by atoms with Crippen LogP contribution in [0.3, 0.4) is 0 Å². The highest BCUT2D eigenvalue weighted by molar-refractivity contribution is 7.16. The van der Waals surface area contributed by atoms with E-state index in [2.05, 4.69) is 5.32 Å². The third-order valence-corrected chi connectivity index (χ3v) is 3.54. The van der Waals surface area contributed by atoms with Crippen molar-refractivity contribution in [2.24, 2.45) is 0 Å². The van der Waals surface area contributed by atoms with Crippen molar-refractivity contribution < 1.29 is 13.2 Å². The molecule has 2 aromatic rings. The quantitative estimate of drug-likeness (QED) is 0.836. The predicted molar refractivity (Wildman–Crippen MR) is 68.1 cm³/mol. The topological polar surface area (TPSA) is 12.0 Å². The molecule has 1 nitrogen and oxygen atoms in total. The highest BCUT2D eigenvalue weighted by atomic mass is 35.5. The van der Waals surface area contributed by atoms with E-state index < -0.39 is 11.7 Å². The molecule has 0 aliphatic rings. The first-order valence-corrected chi connectivity index (χ1v) is 6.30. The van der Waals surface area contributed by atoms with Crippen molar-refractivity contribution in [2.75, 3.05) is 5.32 Å². The van der Waals surface area contributed by atoms with Gasteiger partial charge in [-0.1, -0.05) is 11.6 Å². The summed E-state index contributed by atoms with van der Waals surface area (Å²) in [6.07, 6.45) is -4.29. The van der Waals surface area contributed by atoms with Crippen LogP contribution in [0.15, 0.2) is 36.4 Å². The van der Waals surface area contributed by atoms with Gasteiger partial charge in [0.25, 0.3) is 0 Å². The van der Waals surface area contributed by atoms with Crippen LogP contribution in [-0.4, -0.2) is 0 Å². The summed E-state index contributed by atoms with van der Waals surface area (Å²) >= 11 is 7.22. The minimum absolute atomic E-state index is 0.544. The lowest BCUT2D eigenvalue weighted by molar-refractivity contribution is -0.137. The molecule has 0 saturated carbocycles. The van der Waals surface area contributed by atoms with Gasteiger partial charge in [-0.2, -0.15) is 13.2 Å². The fourth-order valence-electron chi connectivity index (χ4n) is 1.41. The molecular weight excluding hydrogens is 283 g/mol. The van der Waals surface area contributed by atoms with Crippen LogP contribution >= 0.6 is 22.9 Å². The number of halogens is 4. The van der Waals surface area contributed by atoms with Crippen LogP contribution < -0.4 is 5.32 Å². The van der Waals surface area contributed by atoms with Crippen molar-refractivity contribution in [1.82, 2.24) is 0 Å². The maximum absolute atomic E-state index is 12.3. The first-order valence-electron chi connectivity index (χ1n) is 5.10. The normalized spacial score (nSPS) is 11.6. The van der Waals surface area contributed by atoms with Crippen molar-refractivity contribution in [2.45, 2.75) is 12.7 Å². The Kier molecular flexibility index (Phi) is 3.82. The molecule has 0 spiro atoms. The van der Waals surface area contributed by atoms with Crippen LogP contribution in [0.1, 0.15) is 10.4 Å². The summed E-state index contributed by atoms with van der Waals surface area (Å²) < 4.78 is 37.7. The molecule has 18 heavy (non-hydrogen) atoms. The van der Waals surface area contributed by atoms with Gasteiger partial charge < -0.3 is 5.32 Å². The summed E-state index contributed by atoms with van der Waals surface area (Å²) in [7, 11) is 0. The van der Waals surface area contributed by atoms with E-state index in [9.17, 15) is 13.2 Å². The lowest BCUT2D eigenvalue weighted by atomic mass is 10.2. The summed E-state index contributed by atoms with van der Waals surface area (Å²) in [6.45, 7) is 0.544. The van der Waals surface area contributed by atoms with E-state index in [-0.39, 0.29) is 0 Å². The Morgan fingerprint density at radius 3 is 2.22 bits per heavy atom. The van der Waals surface area contributed by atoms with Gasteiger partial charge in [-0.15, -0.1) is 11.3 Å². The van der Waals surface area contributed by atoms with Crippen LogP contribution in [0.2, 0.25) is 4.34 Å². The second-order valence-electron chi connectivity index (χ2n) is 3.63. The molecule has 0 aliphatic heterocycles. The number of thiophene rings is 1. The van der Waals surface area contributed by atoms with Crippen LogP contribution in [0.5, 0.6) is 0 Å². The van der Waals surface area contributed by atoms with E-state index in [4.69, 9.17) is 11.6 Å². The Morgan fingerprint density at radius 2 is 1.72 bits per heavy atom. The van der Waals surface area contributed by atoms with E-state index in [0.717, 1.165) is 17.0 Å². The van der Waals surface area contributed by atoms with Crippen molar-refractivity contribution in [3.05, 3.63) is 51.2 Å². The predicted octanol–water partition coefficient (Wildman–Crippen LogP) is 5.03. The van der Waals surface area contributed by atoms with Crippen LogP contribution in [0.4, 0.5) is 18.9 Å². The second kappa shape index (κ2) is 5.20. The molecule has 1 aromatic heterocycles. The first-order chi connectivity index (χ1) is 8.45. The smallest absolute Gasteiger partial charge is 0.380 e. The van der Waals surface area contributed by atoms with E-state index in [0.29, 0.717) is 16.6 Å². The first kappa shape index (κ1) is 13.2. The van der Waals surface area contributed by atoms with Crippen molar-refractivity contribution in [1.29, 1.82) is 0 Å². The van der Waals surface area contributed by atoms with Crippen molar-refractivity contribution in [3.63, 3.8) is 0 Å². The molecular formula is C12H9ClF3NS. The average molecular weight is 292 g/mol. The number of hydrogen-bond donors (Lipinski definition) is 1. The SMILES string of the molecule is FC(F)(F)c1ccc(NCc2ccc(Cl)s2)cc1. The fourth-order valence-corrected chi connectivity index (χ4v) is 2.44. The summed E-state index contributed by atoms with van der Waals surface area (Å²) in [6, 6.07) is 8.61. The Hall–Kier alpha value is -1.20. The summed E-state index contributed by atoms with van der Waals surface area (Å²) in [4.78, 5) is 1.03.